The second-order valence-corrected chi connectivity index (χ2v) is 5.91. The van der Waals surface area contributed by atoms with Crippen LogP contribution in [0, 0.1) is 5.92 Å². The molecule has 0 atom stereocenters. The van der Waals surface area contributed by atoms with Crippen molar-refractivity contribution in [3.63, 3.8) is 0 Å². The Hall–Kier alpha value is -1.40. The summed E-state index contributed by atoms with van der Waals surface area (Å²) >= 11 is 0. The van der Waals surface area contributed by atoms with Gasteiger partial charge < -0.3 is 10.0 Å². The molecule has 2 heterocycles. The molecule has 90 valence electrons. The minimum Gasteiger partial charge on any atom is -0.396 e. The van der Waals surface area contributed by atoms with E-state index in [1.807, 2.05) is 4.90 Å². The lowest BCUT2D eigenvalue weighted by atomic mass is 10.00. The molecule has 17 heavy (non-hydrogen) atoms. The highest BCUT2D eigenvalue weighted by Gasteiger charge is 2.36. The smallest absolute Gasteiger partial charge is 0.285 e. The summed E-state index contributed by atoms with van der Waals surface area (Å²) in [6.45, 7) is 1.47. The van der Waals surface area contributed by atoms with Crippen LogP contribution in [0.3, 0.4) is 0 Å². The number of hydrogen-bond acceptors (Lipinski definition) is 4. The second kappa shape index (κ2) is 3.54. The molecule has 0 radical (unpaired) electrons. The van der Waals surface area contributed by atoms with Crippen LogP contribution in [-0.4, -0.2) is 44.0 Å². The van der Waals surface area contributed by atoms with Crippen LogP contribution in [0.5, 0.6) is 0 Å². The van der Waals surface area contributed by atoms with Gasteiger partial charge in [0.1, 0.15) is 4.90 Å². The van der Waals surface area contributed by atoms with E-state index in [2.05, 4.69) is 4.40 Å². The zero-order valence-electron chi connectivity index (χ0n) is 9.07. The van der Waals surface area contributed by atoms with E-state index in [1.165, 1.54) is 0 Å². The Bertz CT molecular complexity index is 588. The van der Waals surface area contributed by atoms with Crippen molar-refractivity contribution in [2.24, 2.45) is 10.3 Å². The lowest BCUT2D eigenvalue weighted by Gasteiger charge is -2.39. The summed E-state index contributed by atoms with van der Waals surface area (Å²) in [5.74, 6) is 0.749. The number of hydrogen-bond donors (Lipinski definition) is 1. The molecule has 0 amide bonds. The number of rotatable bonds is 1. The van der Waals surface area contributed by atoms with Crippen LogP contribution >= 0.6 is 0 Å². The Balaban J connectivity index is 1.98. The van der Waals surface area contributed by atoms with Gasteiger partial charge in [-0.25, -0.2) is 0 Å². The number of benzene rings is 1. The van der Waals surface area contributed by atoms with Gasteiger partial charge in [0.05, 0.1) is 0 Å². The molecule has 1 aromatic rings. The first-order valence-corrected chi connectivity index (χ1v) is 6.86. The number of aliphatic hydroxyl groups is 1. The molecule has 1 saturated heterocycles. The molecule has 1 aromatic carbocycles. The third kappa shape index (κ3) is 1.56. The topological polar surface area (TPSA) is 70.0 Å². The van der Waals surface area contributed by atoms with Crippen molar-refractivity contribution in [3.8, 4) is 0 Å². The molecule has 1 N–H and O–H groups in total. The van der Waals surface area contributed by atoms with Gasteiger partial charge in [-0.1, -0.05) is 12.1 Å². The molecule has 1 fully saturated rings. The number of amidine groups is 1. The van der Waals surface area contributed by atoms with Crippen LogP contribution in [0.2, 0.25) is 0 Å². The fraction of sp³-hybridized carbons (Fsp3) is 0.364. The standard InChI is InChI=1S/C11H12N2O3S/c14-7-8-5-13(6-8)11-9-3-1-2-4-10(9)17(15,16)12-11/h1-4,8,14H,5-7H2. The number of aliphatic hydroxyl groups excluding tert-OH is 1. The minimum absolute atomic E-state index is 0.137. The van der Waals surface area contributed by atoms with Crippen LogP contribution in [0.1, 0.15) is 5.56 Å². The number of nitrogens with zero attached hydrogens (tertiary/aromatic N) is 2. The summed E-state index contributed by atoms with van der Waals surface area (Å²) < 4.78 is 27.4. The van der Waals surface area contributed by atoms with E-state index >= 15 is 0 Å². The third-order valence-corrected chi connectivity index (χ3v) is 4.45. The first kappa shape index (κ1) is 10.7. The first-order chi connectivity index (χ1) is 8.12. The molecule has 0 bridgehead atoms. The first-order valence-electron chi connectivity index (χ1n) is 5.42. The second-order valence-electron chi connectivity index (χ2n) is 4.34. The van der Waals surface area contributed by atoms with Gasteiger partial charge in [0.25, 0.3) is 10.0 Å². The molecule has 0 aromatic heterocycles. The van der Waals surface area contributed by atoms with Crippen molar-refractivity contribution in [2.45, 2.75) is 4.90 Å². The molecule has 0 spiro atoms. The minimum atomic E-state index is -3.52. The van der Waals surface area contributed by atoms with Gasteiger partial charge in [0.15, 0.2) is 5.84 Å². The highest BCUT2D eigenvalue weighted by molar-refractivity contribution is 7.90. The summed E-state index contributed by atoms with van der Waals surface area (Å²) in [6, 6.07) is 6.84. The summed E-state index contributed by atoms with van der Waals surface area (Å²) in [4.78, 5) is 2.17. The zero-order valence-corrected chi connectivity index (χ0v) is 9.89. The molecular formula is C11H12N2O3S. The van der Waals surface area contributed by atoms with Crippen molar-refractivity contribution in [2.75, 3.05) is 19.7 Å². The largest absolute Gasteiger partial charge is 0.396 e. The summed E-state index contributed by atoms with van der Waals surface area (Å²) in [5, 5.41) is 8.96. The number of sulfonamides is 1. The normalized spacial score (nSPS) is 21.9. The predicted octanol–water partition coefficient (Wildman–Crippen LogP) is 0.0596. The Morgan fingerprint density at radius 3 is 2.76 bits per heavy atom. The van der Waals surface area contributed by atoms with E-state index in [0.717, 1.165) is 0 Å². The predicted molar refractivity (Wildman–Crippen MR) is 62.3 cm³/mol. The van der Waals surface area contributed by atoms with Crippen LogP contribution in [0.4, 0.5) is 0 Å². The van der Waals surface area contributed by atoms with Gasteiger partial charge >= 0.3 is 0 Å². The Kier molecular flexibility index (Phi) is 2.24. The third-order valence-electron chi connectivity index (χ3n) is 3.13. The fourth-order valence-corrected chi connectivity index (χ4v) is 3.40. The van der Waals surface area contributed by atoms with Gasteiger partial charge in [-0.05, 0) is 12.1 Å². The average molecular weight is 252 g/mol. The maximum absolute atomic E-state index is 11.8. The van der Waals surface area contributed by atoms with E-state index in [1.54, 1.807) is 24.3 Å². The van der Waals surface area contributed by atoms with Crippen molar-refractivity contribution in [3.05, 3.63) is 29.8 Å². The molecule has 2 aliphatic rings. The Morgan fingerprint density at radius 1 is 1.35 bits per heavy atom. The van der Waals surface area contributed by atoms with Crippen LogP contribution in [0.25, 0.3) is 0 Å². The summed E-state index contributed by atoms with van der Waals surface area (Å²) in [6.07, 6.45) is 0. The van der Waals surface area contributed by atoms with E-state index in [0.29, 0.717) is 24.5 Å². The van der Waals surface area contributed by atoms with Crippen LogP contribution in [0.15, 0.2) is 33.6 Å². The zero-order chi connectivity index (χ0) is 12.0. The molecule has 0 unspecified atom stereocenters. The average Bonchev–Trinajstić information content (AvgIpc) is 2.51. The van der Waals surface area contributed by atoms with Gasteiger partial charge in [0, 0.05) is 31.2 Å². The van der Waals surface area contributed by atoms with Crippen molar-refractivity contribution >= 4 is 15.9 Å². The molecule has 3 rings (SSSR count). The van der Waals surface area contributed by atoms with Gasteiger partial charge in [-0.2, -0.15) is 8.42 Å². The van der Waals surface area contributed by atoms with E-state index in [9.17, 15) is 8.42 Å². The van der Waals surface area contributed by atoms with Gasteiger partial charge in [-0.3, -0.25) is 0 Å². The summed E-state index contributed by atoms with van der Waals surface area (Å²) in [7, 11) is -3.52. The van der Waals surface area contributed by atoms with Crippen LogP contribution < -0.4 is 0 Å². The molecular weight excluding hydrogens is 240 g/mol. The lowest BCUT2D eigenvalue weighted by molar-refractivity contribution is 0.109. The quantitative estimate of drug-likeness (QED) is 0.767. The number of fused-ring (bicyclic) bond motifs is 1. The molecule has 5 nitrogen and oxygen atoms in total. The van der Waals surface area contributed by atoms with Crippen LogP contribution in [-0.2, 0) is 10.0 Å². The Morgan fingerprint density at radius 2 is 2.06 bits per heavy atom. The Labute approximate surface area is 99.5 Å². The lowest BCUT2D eigenvalue weighted by Crippen LogP contribution is -2.51. The summed E-state index contributed by atoms with van der Waals surface area (Å²) in [5.41, 5.74) is 0.670. The van der Waals surface area contributed by atoms with Crippen molar-refractivity contribution in [1.82, 2.24) is 4.90 Å². The van der Waals surface area contributed by atoms with E-state index < -0.39 is 10.0 Å². The monoisotopic (exact) mass is 252 g/mol. The van der Waals surface area contributed by atoms with Crippen molar-refractivity contribution < 1.29 is 13.5 Å². The highest BCUT2D eigenvalue weighted by Crippen LogP contribution is 2.30. The van der Waals surface area contributed by atoms with E-state index in [-0.39, 0.29) is 17.4 Å². The fourth-order valence-electron chi connectivity index (χ4n) is 2.17. The molecule has 6 heteroatoms. The molecule has 0 saturated carbocycles. The maximum Gasteiger partial charge on any atom is 0.285 e. The van der Waals surface area contributed by atoms with E-state index in [4.69, 9.17) is 5.11 Å². The van der Waals surface area contributed by atoms with Crippen molar-refractivity contribution in [1.29, 1.82) is 0 Å². The van der Waals surface area contributed by atoms with Gasteiger partial charge in [-0.15, -0.1) is 4.40 Å². The molecule has 0 aliphatic carbocycles. The van der Waals surface area contributed by atoms with Gasteiger partial charge in [0.2, 0.25) is 0 Å². The SMILES string of the molecule is O=S1(=O)N=C(N2CC(CO)C2)c2ccccc21. The highest BCUT2D eigenvalue weighted by atomic mass is 32.2. The molecule has 2 aliphatic heterocycles. The maximum atomic E-state index is 11.8. The number of likely N-dealkylation sites (tertiary alicyclic amines) is 1.